The van der Waals surface area contributed by atoms with Crippen molar-refractivity contribution in [2.24, 2.45) is 0 Å². The van der Waals surface area contributed by atoms with Crippen LogP contribution in [0, 0.1) is 17.0 Å². The molecule has 1 amide bonds. The maximum Gasteiger partial charge on any atom is 0.271 e. The number of thioether (sulfide) groups is 1. The van der Waals surface area contributed by atoms with Gasteiger partial charge in [0.2, 0.25) is 5.91 Å². The number of thiophene rings is 1. The Labute approximate surface area is 198 Å². The molecular formula is C22H24N4O5S2. The molecule has 3 heterocycles. The second-order valence-corrected chi connectivity index (χ2v) is 9.91. The van der Waals surface area contributed by atoms with Crippen molar-refractivity contribution < 1.29 is 14.5 Å². The summed E-state index contributed by atoms with van der Waals surface area (Å²) >= 11 is 2.67. The molecule has 1 atom stereocenters. The largest absolute Gasteiger partial charge is 0.376 e. The van der Waals surface area contributed by atoms with Crippen LogP contribution in [0.25, 0.3) is 10.2 Å². The fraction of sp³-hybridized carbons (Fsp3) is 0.409. The van der Waals surface area contributed by atoms with Gasteiger partial charge in [0, 0.05) is 29.3 Å². The molecular weight excluding hydrogens is 464 g/mol. The lowest BCUT2D eigenvalue weighted by Gasteiger charge is -2.16. The molecule has 1 aromatic carbocycles. The van der Waals surface area contributed by atoms with Crippen LogP contribution in [0.1, 0.15) is 30.2 Å². The zero-order chi connectivity index (χ0) is 23.5. The Morgan fingerprint density at radius 3 is 2.97 bits per heavy atom. The number of hydrogen-bond acceptors (Lipinski definition) is 8. The number of hydrogen-bond donors (Lipinski definition) is 1. The Bertz CT molecular complexity index is 1260. The molecule has 174 valence electrons. The van der Waals surface area contributed by atoms with Crippen molar-refractivity contribution in [3.8, 4) is 0 Å². The molecule has 0 radical (unpaired) electrons. The van der Waals surface area contributed by atoms with Crippen LogP contribution in [0.4, 0.5) is 11.4 Å². The second kappa shape index (κ2) is 10.0. The van der Waals surface area contributed by atoms with Gasteiger partial charge in [-0.3, -0.25) is 24.3 Å². The summed E-state index contributed by atoms with van der Waals surface area (Å²) in [6.45, 7) is 5.10. The lowest BCUT2D eigenvalue weighted by molar-refractivity contribution is -0.384. The fourth-order valence-corrected chi connectivity index (χ4v) is 5.91. The van der Waals surface area contributed by atoms with Crippen LogP contribution in [0.5, 0.6) is 0 Å². The molecule has 2 aromatic heterocycles. The summed E-state index contributed by atoms with van der Waals surface area (Å²) in [6, 6.07) is 5.77. The Morgan fingerprint density at radius 1 is 1.45 bits per heavy atom. The lowest BCUT2D eigenvalue weighted by atomic mass is 10.1. The van der Waals surface area contributed by atoms with Gasteiger partial charge in [-0.1, -0.05) is 24.8 Å². The summed E-state index contributed by atoms with van der Waals surface area (Å²) in [5.74, 6) is -0.327. The van der Waals surface area contributed by atoms with E-state index in [0.717, 1.165) is 29.7 Å². The van der Waals surface area contributed by atoms with Crippen LogP contribution in [0.3, 0.4) is 0 Å². The summed E-state index contributed by atoms with van der Waals surface area (Å²) in [6.07, 6.45) is 2.54. The van der Waals surface area contributed by atoms with Crippen molar-refractivity contribution in [2.45, 2.75) is 50.9 Å². The Hall–Kier alpha value is -2.76. The number of aryl methyl sites for hydroxylation is 2. The van der Waals surface area contributed by atoms with E-state index in [1.807, 2.05) is 13.8 Å². The molecule has 0 aliphatic carbocycles. The maximum atomic E-state index is 13.5. The summed E-state index contributed by atoms with van der Waals surface area (Å²) < 4.78 is 7.38. The first-order chi connectivity index (χ1) is 15.9. The molecule has 1 aliphatic heterocycles. The van der Waals surface area contributed by atoms with Crippen LogP contribution in [0.2, 0.25) is 0 Å². The van der Waals surface area contributed by atoms with Gasteiger partial charge in [-0.2, -0.15) is 0 Å². The first-order valence-corrected chi connectivity index (χ1v) is 12.5. The van der Waals surface area contributed by atoms with Gasteiger partial charge in [-0.05, 0) is 37.8 Å². The van der Waals surface area contributed by atoms with Crippen LogP contribution in [0.15, 0.2) is 34.2 Å². The smallest absolute Gasteiger partial charge is 0.271 e. The number of ether oxygens (including phenoxy) is 1. The predicted molar refractivity (Wildman–Crippen MR) is 129 cm³/mol. The number of non-ortho nitro benzene ring substituents is 1. The molecule has 3 aromatic rings. The van der Waals surface area contributed by atoms with E-state index in [4.69, 9.17) is 9.72 Å². The number of benzene rings is 1. The van der Waals surface area contributed by atoms with E-state index >= 15 is 0 Å². The summed E-state index contributed by atoms with van der Waals surface area (Å²) in [5.41, 5.74) is 1.17. The number of nitro groups is 1. The van der Waals surface area contributed by atoms with Crippen LogP contribution < -0.4 is 10.9 Å². The number of aromatic nitrogens is 2. The van der Waals surface area contributed by atoms with Gasteiger partial charge >= 0.3 is 0 Å². The number of anilines is 1. The number of carbonyl (C=O) groups excluding carboxylic acids is 1. The van der Waals surface area contributed by atoms with Crippen LogP contribution >= 0.6 is 23.1 Å². The highest BCUT2D eigenvalue weighted by atomic mass is 32.2. The number of amides is 1. The third-order valence-corrected chi connectivity index (χ3v) is 7.53. The summed E-state index contributed by atoms with van der Waals surface area (Å²) in [4.78, 5) is 42.9. The minimum atomic E-state index is -0.513. The average Bonchev–Trinajstić information content (AvgIpc) is 3.41. The number of nitrogens with zero attached hydrogens (tertiary/aromatic N) is 3. The van der Waals surface area contributed by atoms with Crippen LogP contribution in [-0.4, -0.2) is 38.8 Å². The van der Waals surface area contributed by atoms with Gasteiger partial charge in [0.05, 0.1) is 28.7 Å². The van der Waals surface area contributed by atoms with Gasteiger partial charge in [-0.15, -0.1) is 11.3 Å². The zero-order valence-electron chi connectivity index (χ0n) is 18.3. The molecule has 1 unspecified atom stereocenters. The van der Waals surface area contributed by atoms with E-state index in [9.17, 15) is 19.7 Å². The van der Waals surface area contributed by atoms with Gasteiger partial charge in [0.25, 0.3) is 11.2 Å². The second-order valence-electron chi connectivity index (χ2n) is 7.76. The van der Waals surface area contributed by atoms with Gasteiger partial charge in [0.15, 0.2) is 5.16 Å². The molecule has 0 bridgehead atoms. The SMILES string of the molecule is CCc1c(C)sc2nc(SCC(=O)Nc3cccc([N+](=O)[O-])c3)n(CC3CCCO3)c(=O)c12. The van der Waals surface area contributed by atoms with Gasteiger partial charge < -0.3 is 10.1 Å². The summed E-state index contributed by atoms with van der Waals surface area (Å²) in [7, 11) is 0. The van der Waals surface area contributed by atoms with E-state index in [0.29, 0.717) is 34.2 Å². The normalized spacial score (nSPS) is 15.8. The topological polar surface area (TPSA) is 116 Å². The predicted octanol–water partition coefficient (Wildman–Crippen LogP) is 4.15. The molecule has 1 aliphatic rings. The Balaban J connectivity index is 1.59. The van der Waals surface area contributed by atoms with E-state index in [-0.39, 0.29) is 29.0 Å². The van der Waals surface area contributed by atoms with E-state index < -0.39 is 4.92 Å². The Kier molecular flexibility index (Phi) is 7.11. The molecule has 4 rings (SSSR count). The van der Waals surface area contributed by atoms with E-state index in [1.54, 1.807) is 10.6 Å². The first-order valence-electron chi connectivity index (χ1n) is 10.7. The first kappa shape index (κ1) is 23.4. The molecule has 1 N–H and O–H groups in total. The highest BCUT2D eigenvalue weighted by Crippen LogP contribution is 2.30. The third kappa shape index (κ3) is 5.10. The standard InChI is InChI=1S/C22H24N4O5S2/c1-3-17-13(2)33-20-19(17)21(28)25(11-16-8-5-9-31-16)22(24-20)32-12-18(27)23-14-6-4-7-15(10-14)26(29)30/h4,6-7,10,16H,3,5,8-9,11-12H2,1-2H3,(H,23,27). The van der Waals surface area contributed by atoms with Crippen molar-refractivity contribution >= 4 is 50.6 Å². The van der Waals surface area contributed by atoms with E-state index in [2.05, 4.69) is 5.32 Å². The lowest BCUT2D eigenvalue weighted by Crippen LogP contribution is -2.29. The molecule has 33 heavy (non-hydrogen) atoms. The molecule has 0 spiro atoms. The monoisotopic (exact) mass is 488 g/mol. The third-order valence-electron chi connectivity index (χ3n) is 5.51. The maximum absolute atomic E-state index is 13.5. The number of nitrogens with one attached hydrogen (secondary N) is 1. The van der Waals surface area contributed by atoms with Crippen molar-refractivity contribution in [1.82, 2.24) is 9.55 Å². The average molecular weight is 489 g/mol. The summed E-state index contributed by atoms with van der Waals surface area (Å²) in [5, 5.41) is 14.8. The molecule has 0 saturated carbocycles. The number of fused-ring (bicyclic) bond motifs is 1. The fourth-order valence-electron chi connectivity index (χ4n) is 3.94. The minimum absolute atomic E-state index is 0.0111. The van der Waals surface area contributed by atoms with Gasteiger partial charge in [0.1, 0.15) is 4.83 Å². The highest BCUT2D eigenvalue weighted by Gasteiger charge is 2.23. The van der Waals surface area contributed by atoms with Crippen molar-refractivity contribution in [3.63, 3.8) is 0 Å². The number of nitro benzene ring substituents is 1. The molecule has 9 nitrogen and oxygen atoms in total. The molecule has 11 heteroatoms. The highest BCUT2D eigenvalue weighted by molar-refractivity contribution is 7.99. The Morgan fingerprint density at radius 2 is 2.27 bits per heavy atom. The minimum Gasteiger partial charge on any atom is -0.376 e. The van der Waals surface area contributed by atoms with Gasteiger partial charge in [-0.25, -0.2) is 4.98 Å². The van der Waals surface area contributed by atoms with Crippen LogP contribution in [-0.2, 0) is 22.5 Å². The quantitative estimate of drug-likeness (QED) is 0.219. The van der Waals surface area contributed by atoms with Crippen molar-refractivity contribution in [1.29, 1.82) is 0 Å². The zero-order valence-corrected chi connectivity index (χ0v) is 20.0. The number of carbonyl (C=O) groups is 1. The van der Waals surface area contributed by atoms with E-state index in [1.165, 1.54) is 41.3 Å². The molecule has 1 saturated heterocycles. The molecule has 1 fully saturated rings. The van der Waals surface area contributed by atoms with Crippen molar-refractivity contribution in [2.75, 3.05) is 17.7 Å². The van der Waals surface area contributed by atoms with Crippen molar-refractivity contribution in [3.05, 3.63) is 55.2 Å². The number of rotatable bonds is 8.